The van der Waals surface area contributed by atoms with E-state index in [0.717, 1.165) is 5.56 Å². The van der Waals surface area contributed by atoms with E-state index in [1.807, 2.05) is 12.1 Å². The number of benzene rings is 1. The molecular weight excluding hydrogens is 254 g/mol. The molecule has 0 saturated heterocycles. The maximum absolute atomic E-state index is 12.0. The average Bonchev–Trinajstić information content (AvgIpc) is 2.47. The topological polar surface area (TPSA) is 67.2 Å². The van der Waals surface area contributed by atoms with Gasteiger partial charge in [0.05, 0.1) is 24.2 Å². The lowest BCUT2D eigenvalue weighted by atomic mass is 9.75. The fraction of sp³-hybridized carbons (Fsp3) is 0.438. The van der Waals surface area contributed by atoms with Gasteiger partial charge in [0.15, 0.2) is 0 Å². The van der Waals surface area contributed by atoms with Crippen molar-refractivity contribution in [2.75, 3.05) is 6.61 Å². The van der Waals surface area contributed by atoms with Gasteiger partial charge < -0.3 is 4.74 Å². The molecule has 0 N–H and O–H groups in total. The monoisotopic (exact) mass is 271 g/mol. The number of carbonyl (C=O) groups is 2. The molecule has 1 saturated carbocycles. The first-order valence-corrected chi connectivity index (χ1v) is 6.84. The molecule has 1 aromatic rings. The summed E-state index contributed by atoms with van der Waals surface area (Å²) in [5, 5.41) is 8.81. The Morgan fingerprint density at radius 1 is 1.40 bits per heavy atom. The fourth-order valence-electron chi connectivity index (χ4n) is 2.69. The van der Waals surface area contributed by atoms with Gasteiger partial charge in [0.25, 0.3) is 0 Å². The van der Waals surface area contributed by atoms with Crippen LogP contribution in [0.15, 0.2) is 24.3 Å². The second kappa shape index (κ2) is 6.33. The molecule has 2 atom stereocenters. The van der Waals surface area contributed by atoms with Crippen LogP contribution >= 0.6 is 0 Å². The van der Waals surface area contributed by atoms with Gasteiger partial charge in [-0.25, -0.2) is 0 Å². The van der Waals surface area contributed by atoms with Gasteiger partial charge in [-0.3, -0.25) is 9.59 Å². The molecule has 0 radical (unpaired) electrons. The molecule has 1 aromatic carbocycles. The fourth-order valence-corrected chi connectivity index (χ4v) is 2.69. The summed E-state index contributed by atoms with van der Waals surface area (Å²) in [6.45, 7) is 2.13. The summed E-state index contributed by atoms with van der Waals surface area (Å²) in [5.74, 6) is -0.446. The Kier molecular flexibility index (Phi) is 4.52. The number of ketones is 1. The third-order valence-electron chi connectivity index (χ3n) is 3.72. The lowest BCUT2D eigenvalue weighted by molar-refractivity contribution is -0.150. The summed E-state index contributed by atoms with van der Waals surface area (Å²) in [5.41, 5.74) is 1.50. The van der Waals surface area contributed by atoms with Crippen molar-refractivity contribution in [1.82, 2.24) is 0 Å². The first-order chi connectivity index (χ1) is 9.65. The van der Waals surface area contributed by atoms with Crippen LogP contribution in [-0.2, 0) is 14.3 Å². The number of hydrogen-bond donors (Lipinski definition) is 0. The second-order valence-corrected chi connectivity index (χ2v) is 4.98. The van der Waals surface area contributed by atoms with Crippen molar-refractivity contribution in [3.8, 4) is 6.07 Å². The highest BCUT2D eigenvalue weighted by Gasteiger charge is 2.36. The van der Waals surface area contributed by atoms with Crippen LogP contribution in [0.25, 0.3) is 0 Å². The van der Waals surface area contributed by atoms with E-state index in [1.165, 1.54) is 0 Å². The molecule has 0 aliphatic heterocycles. The van der Waals surface area contributed by atoms with Crippen LogP contribution in [0.4, 0.5) is 0 Å². The van der Waals surface area contributed by atoms with E-state index in [4.69, 9.17) is 10.00 Å². The molecule has 104 valence electrons. The van der Waals surface area contributed by atoms with Crippen LogP contribution in [0.2, 0.25) is 0 Å². The number of nitrogens with zero attached hydrogens (tertiary/aromatic N) is 1. The minimum atomic E-state index is -0.263. The summed E-state index contributed by atoms with van der Waals surface area (Å²) < 4.78 is 5.11. The van der Waals surface area contributed by atoms with Gasteiger partial charge in [-0.05, 0) is 31.0 Å². The molecule has 0 amide bonds. The van der Waals surface area contributed by atoms with Crippen molar-refractivity contribution in [2.45, 2.75) is 32.1 Å². The zero-order chi connectivity index (χ0) is 14.5. The van der Waals surface area contributed by atoms with E-state index in [-0.39, 0.29) is 23.6 Å². The number of ether oxygens (including phenoxy) is 1. The smallest absolute Gasteiger partial charge is 0.309 e. The SMILES string of the molecule is CCOC(=O)[C@H]1CCC(=O)C[C@@H]1c1ccc(C#N)cc1. The number of Topliss-reactive ketones (excluding diaryl/α,β-unsaturated/α-hetero) is 1. The van der Waals surface area contributed by atoms with Crippen molar-refractivity contribution < 1.29 is 14.3 Å². The highest BCUT2D eigenvalue weighted by atomic mass is 16.5. The minimum absolute atomic E-state index is 0.136. The molecule has 0 bridgehead atoms. The first-order valence-electron chi connectivity index (χ1n) is 6.84. The van der Waals surface area contributed by atoms with E-state index < -0.39 is 0 Å². The summed E-state index contributed by atoms with van der Waals surface area (Å²) in [7, 11) is 0. The van der Waals surface area contributed by atoms with E-state index in [2.05, 4.69) is 6.07 Å². The number of rotatable bonds is 3. The van der Waals surface area contributed by atoms with Crippen LogP contribution in [0.5, 0.6) is 0 Å². The van der Waals surface area contributed by atoms with Crippen molar-refractivity contribution in [3.63, 3.8) is 0 Å². The van der Waals surface area contributed by atoms with Gasteiger partial charge in [0.1, 0.15) is 5.78 Å². The highest BCUT2D eigenvalue weighted by Crippen LogP contribution is 2.37. The van der Waals surface area contributed by atoms with Gasteiger partial charge >= 0.3 is 5.97 Å². The number of carbonyl (C=O) groups excluding carboxylic acids is 2. The lowest BCUT2D eigenvalue weighted by Gasteiger charge is -2.29. The Hall–Kier alpha value is -2.15. The van der Waals surface area contributed by atoms with E-state index >= 15 is 0 Å². The van der Waals surface area contributed by atoms with E-state index in [9.17, 15) is 9.59 Å². The Bertz CT molecular complexity index is 542. The van der Waals surface area contributed by atoms with Gasteiger partial charge in [-0.15, -0.1) is 0 Å². The maximum Gasteiger partial charge on any atom is 0.309 e. The molecule has 0 aromatic heterocycles. The van der Waals surface area contributed by atoms with Crippen LogP contribution in [0.3, 0.4) is 0 Å². The summed E-state index contributed by atoms with van der Waals surface area (Å²) in [6, 6.07) is 9.15. The molecule has 4 nitrogen and oxygen atoms in total. The lowest BCUT2D eigenvalue weighted by Crippen LogP contribution is -2.30. The highest BCUT2D eigenvalue weighted by molar-refractivity contribution is 5.84. The van der Waals surface area contributed by atoms with Crippen LogP contribution in [-0.4, -0.2) is 18.4 Å². The predicted molar refractivity (Wildman–Crippen MR) is 72.9 cm³/mol. The largest absolute Gasteiger partial charge is 0.466 e. The Labute approximate surface area is 118 Å². The third-order valence-corrected chi connectivity index (χ3v) is 3.72. The van der Waals surface area contributed by atoms with Crippen molar-refractivity contribution in [3.05, 3.63) is 35.4 Å². The van der Waals surface area contributed by atoms with Gasteiger partial charge in [0.2, 0.25) is 0 Å². The number of nitriles is 1. The zero-order valence-corrected chi connectivity index (χ0v) is 11.5. The molecule has 1 aliphatic rings. The van der Waals surface area contributed by atoms with Gasteiger partial charge in [-0.2, -0.15) is 5.26 Å². The van der Waals surface area contributed by atoms with Crippen LogP contribution < -0.4 is 0 Å². The Morgan fingerprint density at radius 3 is 2.70 bits per heavy atom. The molecule has 20 heavy (non-hydrogen) atoms. The molecule has 0 unspecified atom stereocenters. The van der Waals surface area contributed by atoms with E-state index in [0.29, 0.717) is 31.4 Å². The molecule has 1 fully saturated rings. The normalized spacial score (nSPS) is 22.1. The number of hydrogen-bond acceptors (Lipinski definition) is 4. The quantitative estimate of drug-likeness (QED) is 0.792. The predicted octanol–water partition coefficient (Wildman–Crippen LogP) is 2.57. The van der Waals surface area contributed by atoms with E-state index in [1.54, 1.807) is 19.1 Å². The van der Waals surface area contributed by atoms with Gasteiger partial charge in [-0.1, -0.05) is 12.1 Å². The zero-order valence-electron chi connectivity index (χ0n) is 11.5. The van der Waals surface area contributed by atoms with Crippen molar-refractivity contribution in [1.29, 1.82) is 5.26 Å². The third kappa shape index (κ3) is 3.05. The summed E-state index contributed by atoms with van der Waals surface area (Å²) in [6.07, 6.45) is 1.36. The number of esters is 1. The van der Waals surface area contributed by atoms with Crippen LogP contribution in [0, 0.1) is 17.2 Å². The Balaban J connectivity index is 2.25. The van der Waals surface area contributed by atoms with Crippen molar-refractivity contribution in [2.24, 2.45) is 5.92 Å². The molecule has 0 heterocycles. The van der Waals surface area contributed by atoms with Gasteiger partial charge in [0, 0.05) is 18.8 Å². The summed E-state index contributed by atoms with van der Waals surface area (Å²) in [4.78, 5) is 23.7. The molecular formula is C16H17NO3. The Morgan fingerprint density at radius 2 is 2.10 bits per heavy atom. The molecule has 4 heteroatoms. The molecule has 2 rings (SSSR count). The van der Waals surface area contributed by atoms with Crippen LogP contribution in [0.1, 0.15) is 43.2 Å². The molecule has 0 spiro atoms. The minimum Gasteiger partial charge on any atom is -0.466 e. The first kappa shape index (κ1) is 14.3. The summed E-state index contributed by atoms with van der Waals surface area (Å²) >= 11 is 0. The average molecular weight is 271 g/mol. The maximum atomic E-state index is 12.0. The van der Waals surface area contributed by atoms with Crippen molar-refractivity contribution >= 4 is 11.8 Å². The molecule has 1 aliphatic carbocycles. The second-order valence-electron chi connectivity index (χ2n) is 4.98. The standard InChI is InChI=1S/C16H17NO3/c1-2-20-16(19)14-8-7-13(18)9-15(14)12-5-3-11(10-17)4-6-12/h3-6,14-15H,2,7-9H2,1H3/t14-,15+/m0/s1.